The van der Waals surface area contributed by atoms with E-state index < -0.39 is 0 Å². The highest BCUT2D eigenvalue weighted by Crippen LogP contribution is 2.30. The van der Waals surface area contributed by atoms with E-state index in [2.05, 4.69) is 42.4 Å². The van der Waals surface area contributed by atoms with Gasteiger partial charge in [0.05, 0.1) is 9.47 Å². The van der Waals surface area contributed by atoms with E-state index in [1.54, 1.807) is 0 Å². The number of rotatable bonds is 7. The Labute approximate surface area is 108 Å². The van der Waals surface area contributed by atoms with Crippen LogP contribution < -0.4 is 4.52 Å². The van der Waals surface area contributed by atoms with Crippen LogP contribution in [0.3, 0.4) is 0 Å². The normalized spacial score (nSPS) is 10.6. The van der Waals surface area contributed by atoms with E-state index in [-0.39, 0.29) is 0 Å². The number of hydrogen-bond acceptors (Lipinski definition) is 1. The van der Waals surface area contributed by atoms with Crippen LogP contribution in [0, 0.1) is 0 Å². The second kappa shape index (κ2) is 7.71. The van der Waals surface area contributed by atoms with E-state index in [0.717, 1.165) is 12.2 Å². The SMILES string of the molecule is CCCc1ccc(OP)c(CCC)c1CCC. The molecule has 96 valence electrons. The summed E-state index contributed by atoms with van der Waals surface area (Å²) in [4.78, 5) is 0. The third-order valence-electron chi connectivity index (χ3n) is 3.13. The summed E-state index contributed by atoms with van der Waals surface area (Å²) in [7, 11) is 2.38. The number of aryl methyl sites for hydroxylation is 1. The van der Waals surface area contributed by atoms with E-state index in [1.165, 1.54) is 48.8 Å². The van der Waals surface area contributed by atoms with Gasteiger partial charge in [-0.15, -0.1) is 0 Å². The number of hydrogen-bond donors (Lipinski definition) is 0. The zero-order chi connectivity index (χ0) is 12.7. The van der Waals surface area contributed by atoms with Crippen LogP contribution in [0.4, 0.5) is 0 Å². The summed E-state index contributed by atoms with van der Waals surface area (Å²) in [6, 6.07) is 4.37. The molecule has 1 aromatic carbocycles. The molecule has 1 rings (SSSR count). The summed E-state index contributed by atoms with van der Waals surface area (Å²) in [6.07, 6.45) is 7.07. The van der Waals surface area contributed by atoms with Crippen LogP contribution >= 0.6 is 9.47 Å². The number of benzene rings is 1. The molecule has 0 saturated carbocycles. The van der Waals surface area contributed by atoms with Crippen molar-refractivity contribution in [2.45, 2.75) is 59.3 Å². The smallest absolute Gasteiger partial charge is 0.125 e. The molecule has 1 aromatic rings. The lowest BCUT2D eigenvalue weighted by Crippen LogP contribution is -2.02. The Morgan fingerprint density at radius 1 is 0.882 bits per heavy atom. The third-order valence-corrected chi connectivity index (χ3v) is 3.39. The van der Waals surface area contributed by atoms with Gasteiger partial charge in [0.25, 0.3) is 0 Å². The first kappa shape index (κ1) is 14.5. The fourth-order valence-electron chi connectivity index (χ4n) is 2.42. The lowest BCUT2D eigenvalue weighted by molar-refractivity contribution is 0.625. The second-order valence-electron chi connectivity index (χ2n) is 4.55. The van der Waals surface area contributed by atoms with Gasteiger partial charge in [-0.05, 0) is 42.0 Å². The van der Waals surface area contributed by atoms with Crippen LogP contribution in [0.2, 0.25) is 0 Å². The Balaban J connectivity index is 3.20. The van der Waals surface area contributed by atoms with E-state index >= 15 is 0 Å². The van der Waals surface area contributed by atoms with Gasteiger partial charge in [-0.3, -0.25) is 0 Å². The molecular formula is C15H25OP. The molecule has 0 aliphatic carbocycles. The summed E-state index contributed by atoms with van der Waals surface area (Å²) >= 11 is 0. The Kier molecular flexibility index (Phi) is 6.58. The Morgan fingerprint density at radius 3 is 2.00 bits per heavy atom. The molecule has 0 heterocycles. The lowest BCUT2D eigenvalue weighted by Gasteiger charge is -2.17. The maximum atomic E-state index is 5.43. The molecule has 0 aliphatic rings. The van der Waals surface area contributed by atoms with Crippen LogP contribution in [0.25, 0.3) is 0 Å². The minimum Gasteiger partial charge on any atom is -0.480 e. The summed E-state index contributed by atoms with van der Waals surface area (Å²) in [5.41, 5.74) is 4.48. The zero-order valence-electron chi connectivity index (χ0n) is 11.4. The predicted molar refractivity (Wildman–Crippen MR) is 78.8 cm³/mol. The van der Waals surface area contributed by atoms with Gasteiger partial charge in [-0.1, -0.05) is 46.1 Å². The zero-order valence-corrected chi connectivity index (χ0v) is 12.5. The Bertz CT molecular complexity index is 347. The molecule has 0 radical (unpaired) electrons. The highest BCUT2D eigenvalue weighted by atomic mass is 31.0. The van der Waals surface area contributed by atoms with Crippen LogP contribution in [-0.4, -0.2) is 0 Å². The molecule has 0 spiro atoms. The molecular weight excluding hydrogens is 227 g/mol. The van der Waals surface area contributed by atoms with Gasteiger partial charge >= 0.3 is 0 Å². The predicted octanol–water partition coefficient (Wildman–Crippen LogP) is 4.71. The van der Waals surface area contributed by atoms with E-state index in [4.69, 9.17) is 4.52 Å². The molecule has 0 aliphatic heterocycles. The highest BCUT2D eigenvalue weighted by molar-refractivity contribution is 7.10. The minimum absolute atomic E-state index is 1.04. The Hall–Kier alpha value is -0.550. The average Bonchev–Trinajstić information content (AvgIpc) is 2.34. The van der Waals surface area contributed by atoms with Crippen LogP contribution in [0.15, 0.2) is 12.1 Å². The van der Waals surface area contributed by atoms with Gasteiger partial charge in [-0.25, -0.2) is 0 Å². The van der Waals surface area contributed by atoms with Crippen molar-refractivity contribution in [3.63, 3.8) is 0 Å². The van der Waals surface area contributed by atoms with Gasteiger partial charge < -0.3 is 4.52 Å². The molecule has 0 amide bonds. The fourth-order valence-corrected chi connectivity index (χ4v) is 2.64. The molecule has 1 unspecified atom stereocenters. The van der Waals surface area contributed by atoms with Crippen molar-refractivity contribution in [2.24, 2.45) is 0 Å². The second-order valence-corrected chi connectivity index (χ2v) is 4.78. The average molecular weight is 252 g/mol. The van der Waals surface area contributed by atoms with E-state index in [1.807, 2.05) is 0 Å². The summed E-state index contributed by atoms with van der Waals surface area (Å²) in [5, 5.41) is 0. The molecule has 1 nitrogen and oxygen atoms in total. The molecule has 0 fully saturated rings. The van der Waals surface area contributed by atoms with Gasteiger partial charge in [0.1, 0.15) is 5.75 Å². The quantitative estimate of drug-likeness (QED) is 0.638. The van der Waals surface area contributed by atoms with Gasteiger partial charge in [0.2, 0.25) is 0 Å². The van der Waals surface area contributed by atoms with E-state index in [0.29, 0.717) is 0 Å². The molecule has 0 N–H and O–H groups in total. The lowest BCUT2D eigenvalue weighted by atomic mass is 9.91. The molecule has 17 heavy (non-hydrogen) atoms. The van der Waals surface area contributed by atoms with Crippen molar-refractivity contribution in [3.8, 4) is 5.75 Å². The maximum Gasteiger partial charge on any atom is 0.125 e. The van der Waals surface area contributed by atoms with Crippen molar-refractivity contribution in [3.05, 3.63) is 28.8 Å². The molecule has 0 aromatic heterocycles. The Morgan fingerprint density at radius 2 is 1.47 bits per heavy atom. The van der Waals surface area contributed by atoms with Gasteiger partial charge in [0.15, 0.2) is 0 Å². The first-order chi connectivity index (χ1) is 8.28. The van der Waals surface area contributed by atoms with Crippen LogP contribution in [0.5, 0.6) is 5.75 Å². The molecule has 2 heteroatoms. The van der Waals surface area contributed by atoms with Crippen molar-refractivity contribution >= 4 is 9.47 Å². The maximum absolute atomic E-state index is 5.43. The van der Waals surface area contributed by atoms with Gasteiger partial charge in [-0.2, -0.15) is 0 Å². The van der Waals surface area contributed by atoms with Crippen LogP contribution in [0.1, 0.15) is 56.7 Å². The third kappa shape index (κ3) is 3.71. The van der Waals surface area contributed by atoms with Crippen molar-refractivity contribution in [1.29, 1.82) is 0 Å². The molecule has 0 saturated heterocycles. The largest absolute Gasteiger partial charge is 0.480 e. The van der Waals surface area contributed by atoms with Crippen molar-refractivity contribution < 1.29 is 4.52 Å². The van der Waals surface area contributed by atoms with Crippen molar-refractivity contribution in [1.82, 2.24) is 0 Å². The van der Waals surface area contributed by atoms with E-state index in [9.17, 15) is 0 Å². The highest BCUT2D eigenvalue weighted by Gasteiger charge is 2.12. The topological polar surface area (TPSA) is 9.23 Å². The first-order valence-electron chi connectivity index (χ1n) is 6.78. The molecule has 1 atom stereocenters. The minimum atomic E-state index is 1.04. The first-order valence-corrected chi connectivity index (χ1v) is 7.25. The summed E-state index contributed by atoms with van der Waals surface area (Å²) < 4.78 is 5.43. The standard InChI is InChI=1S/C15H25OP/c1-4-7-12-10-11-15(16-17)14(9-6-3)13(12)8-5-2/h10-11H,4-9,17H2,1-3H3. The monoisotopic (exact) mass is 252 g/mol. The van der Waals surface area contributed by atoms with Gasteiger partial charge in [0, 0.05) is 0 Å². The summed E-state index contributed by atoms with van der Waals surface area (Å²) in [6.45, 7) is 6.73. The van der Waals surface area contributed by atoms with Crippen molar-refractivity contribution in [2.75, 3.05) is 0 Å². The summed E-state index contributed by atoms with van der Waals surface area (Å²) in [5.74, 6) is 1.04. The fraction of sp³-hybridized carbons (Fsp3) is 0.600. The van der Waals surface area contributed by atoms with Crippen LogP contribution in [-0.2, 0) is 19.3 Å². The molecule has 0 bridgehead atoms.